The van der Waals surface area contributed by atoms with Crippen molar-refractivity contribution in [1.29, 1.82) is 0 Å². The Kier molecular flexibility index (Phi) is 4.59. The van der Waals surface area contributed by atoms with Crippen molar-refractivity contribution in [3.63, 3.8) is 0 Å². The molecule has 0 aliphatic carbocycles. The molecule has 0 radical (unpaired) electrons. The lowest BCUT2D eigenvalue weighted by Crippen LogP contribution is -2.39. The number of ether oxygens (including phenoxy) is 2. The van der Waals surface area contributed by atoms with Gasteiger partial charge in [0, 0.05) is 13.2 Å². The number of hydrogen-bond donors (Lipinski definition) is 0. The van der Waals surface area contributed by atoms with Crippen LogP contribution >= 0.6 is 0 Å². The Morgan fingerprint density at radius 1 is 1.44 bits per heavy atom. The molecule has 1 atom stereocenters. The molecule has 4 nitrogen and oxygen atoms in total. The molecule has 1 amide bonds. The van der Waals surface area contributed by atoms with Gasteiger partial charge in [0.1, 0.15) is 5.75 Å². The van der Waals surface area contributed by atoms with E-state index in [1.54, 1.807) is 17.0 Å². The highest BCUT2D eigenvalue weighted by Crippen LogP contribution is 2.15. The van der Waals surface area contributed by atoms with Crippen LogP contribution in [0.25, 0.3) is 0 Å². The molecule has 1 heterocycles. The van der Waals surface area contributed by atoms with Gasteiger partial charge in [-0.05, 0) is 31.9 Å². The van der Waals surface area contributed by atoms with Crippen LogP contribution in [0.2, 0.25) is 0 Å². The molecule has 1 fully saturated rings. The molecule has 4 heteroatoms. The molecule has 1 aromatic carbocycles. The highest BCUT2D eigenvalue weighted by molar-refractivity contribution is 5.70. The van der Waals surface area contributed by atoms with E-state index >= 15 is 0 Å². The highest BCUT2D eigenvalue weighted by Gasteiger charge is 2.22. The summed E-state index contributed by atoms with van der Waals surface area (Å²) < 4.78 is 10.8. The Hall–Kier alpha value is -1.55. The average Bonchev–Trinajstić information content (AvgIpc) is 2.90. The quantitative estimate of drug-likeness (QED) is 0.823. The predicted molar refractivity (Wildman–Crippen MR) is 68.7 cm³/mol. The van der Waals surface area contributed by atoms with Gasteiger partial charge in [-0.1, -0.05) is 18.2 Å². The van der Waals surface area contributed by atoms with Gasteiger partial charge in [0.05, 0.1) is 12.6 Å². The second-order valence-electron chi connectivity index (χ2n) is 4.35. The fourth-order valence-corrected chi connectivity index (χ4v) is 2.02. The smallest absolute Gasteiger partial charge is 0.410 e. The Morgan fingerprint density at radius 3 is 2.83 bits per heavy atom. The number of hydrogen-bond acceptors (Lipinski definition) is 3. The van der Waals surface area contributed by atoms with E-state index in [9.17, 15) is 4.79 Å². The summed E-state index contributed by atoms with van der Waals surface area (Å²) in [5, 5.41) is 0. The molecule has 1 aliphatic heterocycles. The zero-order chi connectivity index (χ0) is 12.8. The molecule has 0 spiro atoms. The lowest BCUT2D eigenvalue weighted by molar-refractivity contribution is 0.0732. The molecule has 1 aromatic rings. The summed E-state index contributed by atoms with van der Waals surface area (Å²) in [6.07, 6.45) is 1.96. The SMILES string of the molecule is CCN(CC1CCCO1)C(=O)Oc1ccccc1. The van der Waals surface area contributed by atoms with Crippen LogP contribution in [-0.4, -0.2) is 36.8 Å². The number of likely N-dealkylation sites (N-methyl/N-ethyl adjacent to an activating group) is 1. The van der Waals surface area contributed by atoms with Gasteiger partial charge in [0.2, 0.25) is 0 Å². The molecule has 18 heavy (non-hydrogen) atoms. The van der Waals surface area contributed by atoms with Crippen molar-refractivity contribution in [2.24, 2.45) is 0 Å². The first-order valence-corrected chi connectivity index (χ1v) is 6.43. The molecule has 98 valence electrons. The van der Waals surface area contributed by atoms with Crippen LogP contribution in [0.4, 0.5) is 4.79 Å². The lowest BCUT2D eigenvalue weighted by atomic mass is 10.2. The maximum absolute atomic E-state index is 12.0. The fourth-order valence-electron chi connectivity index (χ4n) is 2.02. The van der Waals surface area contributed by atoms with E-state index in [-0.39, 0.29) is 12.2 Å². The topological polar surface area (TPSA) is 38.8 Å². The minimum Gasteiger partial charge on any atom is -0.410 e. The second-order valence-corrected chi connectivity index (χ2v) is 4.35. The van der Waals surface area contributed by atoms with Crippen molar-refractivity contribution < 1.29 is 14.3 Å². The molecule has 2 rings (SSSR count). The first-order chi connectivity index (χ1) is 8.79. The molecular weight excluding hydrogens is 230 g/mol. The van der Waals surface area contributed by atoms with E-state index in [1.807, 2.05) is 25.1 Å². The van der Waals surface area contributed by atoms with Crippen LogP contribution in [0.15, 0.2) is 30.3 Å². The van der Waals surface area contributed by atoms with Gasteiger partial charge >= 0.3 is 6.09 Å². The number of amides is 1. The van der Waals surface area contributed by atoms with Crippen LogP contribution in [-0.2, 0) is 4.74 Å². The van der Waals surface area contributed by atoms with E-state index in [0.717, 1.165) is 19.4 Å². The van der Waals surface area contributed by atoms with Crippen LogP contribution < -0.4 is 4.74 Å². The van der Waals surface area contributed by atoms with Crippen LogP contribution in [0.5, 0.6) is 5.75 Å². The van der Waals surface area contributed by atoms with Gasteiger partial charge in [-0.15, -0.1) is 0 Å². The Bertz CT molecular complexity index is 374. The van der Waals surface area contributed by atoms with Crippen molar-refractivity contribution in [2.45, 2.75) is 25.9 Å². The largest absolute Gasteiger partial charge is 0.415 e. The van der Waals surface area contributed by atoms with Crippen LogP contribution in [0.1, 0.15) is 19.8 Å². The Balaban J connectivity index is 1.88. The summed E-state index contributed by atoms with van der Waals surface area (Å²) in [6, 6.07) is 9.13. The van der Waals surface area contributed by atoms with Crippen LogP contribution in [0.3, 0.4) is 0 Å². The van der Waals surface area contributed by atoms with Gasteiger partial charge in [-0.2, -0.15) is 0 Å². The Labute approximate surface area is 107 Å². The molecular formula is C14H19NO3. The highest BCUT2D eigenvalue weighted by atomic mass is 16.6. The molecule has 0 aromatic heterocycles. The monoisotopic (exact) mass is 249 g/mol. The maximum atomic E-state index is 12.0. The van der Waals surface area contributed by atoms with Crippen molar-refractivity contribution in [3.05, 3.63) is 30.3 Å². The summed E-state index contributed by atoms with van der Waals surface area (Å²) >= 11 is 0. The summed E-state index contributed by atoms with van der Waals surface area (Å²) in [5.41, 5.74) is 0. The Morgan fingerprint density at radius 2 is 2.22 bits per heavy atom. The van der Waals surface area contributed by atoms with E-state index < -0.39 is 0 Å². The van der Waals surface area contributed by atoms with Crippen molar-refractivity contribution in [1.82, 2.24) is 4.90 Å². The number of carbonyl (C=O) groups excluding carboxylic acids is 1. The molecule has 0 N–H and O–H groups in total. The normalized spacial score (nSPS) is 18.6. The van der Waals surface area contributed by atoms with Gasteiger partial charge in [0.15, 0.2) is 0 Å². The van der Waals surface area contributed by atoms with Gasteiger partial charge in [-0.25, -0.2) is 4.79 Å². The summed E-state index contributed by atoms with van der Waals surface area (Å²) in [7, 11) is 0. The lowest BCUT2D eigenvalue weighted by Gasteiger charge is -2.23. The third kappa shape index (κ3) is 3.47. The number of carbonyl (C=O) groups is 1. The zero-order valence-electron chi connectivity index (χ0n) is 10.7. The van der Waals surface area contributed by atoms with E-state index in [2.05, 4.69) is 0 Å². The molecule has 1 aliphatic rings. The third-order valence-electron chi connectivity index (χ3n) is 3.04. The van der Waals surface area contributed by atoms with Gasteiger partial charge < -0.3 is 14.4 Å². The standard InChI is InChI=1S/C14H19NO3/c1-2-15(11-13-9-6-10-17-13)14(16)18-12-7-4-3-5-8-12/h3-5,7-8,13H,2,6,9-11H2,1H3. The number of para-hydroxylation sites is 1. The first kappa shape index (κ1) is 12.9. The molecule has 0 bridgehead atoms. The summed E-state index contributed by atoms with van der Waals surface area (Å²) in [4.78, 5) is 13.7. The number of nitrogens with zero attached hydrogens (tertiary/aromatic N) is 1. The van der Waals surface area contributed by atoms with Crippen molar-refractivity contribution in [3.8, 4) is 5.75 Å². The van der Waals surface area contributed by atoms with Crippen molar-refractivity contribution >= 4 is 6.09 Å². The molecule has 1 unspecified atom stereocenters. The van der Waals surface area contributed by atoms with Crippen molar-refractivity contribution in [2.75, 3.05) is 19.7 Å². The second kappa shape index (κ2) is 6.40. The predicted octanol–water partition coefficient (Wildman–Crippen LogP) is 2.69. The average molecular weight is 249 g/mol. The summed E-state index contributed by atoms with van der Waals surface area (Å²) in [6.45, 7) is 3.99. The molecule has 1 saturated heterocycles. The van der Waals surface area contributed by atoms with E-state index in [0.29, 0.717) is 18.8 Å². The summed E-state index contributed by atoms with van der Waals surface area (Å²) in [5.74, 6) is 0.577. The van der Waals surface area contributed by atoms with Gasteiger partial charge in [-0.3, -0.25) is 0 Å². The molecule has 0 saturated carbocycles. The van der Waals surface area contributed by atoms with E-state index in [4.69, 9.17) is 9.47 Å². The third-order valence-corrected chi connectivity index (χ3v) is 3.04. The first-order valence-electron chi connectivity index (χ1n) is 6.43. The minimum atomic E-state index is -0.306. The van der Waals surface area contributed by atoms with Gasteiger partial charge in [0.25, 0.3) is 0 Å². The number of benzene rings is 1. The maximum Gasteiger partial charge on any atom is 0.415 e. The van der Waals surface area contributed by atoms with Crippen LogP contribution in [0, 0.1) is 0 Å². The number of rotatable bonds is 4. The minimum absolute atomic E-state index is 0.160. The zero-order valence-corrected chi connectivity index (χ0v) is 10.7. The fraction of sp³-hybridized carbons (Fsp3) is 0.500. The van der Waals surface area contributed by atoms with E-state index in [1.165, 1.54) is 0 Å².